The summed E-state index contributed by atoms with van der Waals surface area (Å²) in [5, 5.41) is 14.0. The van der Waals surface area contributed by atoms with Crippen molar-refractivity contribution in [2.45, 2.75) is 31.7 Å². The minimum absolute atomic E-state index is 0.187. The van der Waals surface area contributed by atoms with Crippen molar-refractivity contribution in [3.8, 4) is 5.75 Å². The number of aromatic hydroxyl groups is 1. The molecular weight excluding hydrogens is 282 g/mol. The summed E-state index contributed by atoms with van der Waals surface area (Å²) in [5.74, 6) is 0.466. The van der Waals surface area contributed by atoms with Gasteiger partial charge in [-0.15, -0.1) is 0 Å². The SMILES string of the molecule is O=C(CCc1ccccc1O)N1CCC[C@H]1c1ccsc1. The first kappa shape index (κ1) is 14.1. The van der Waals surface area contributed by atoms with Crippen molar-refractivity contribution in [1.82, 2.24) is 4.90 Å². The van der Waals surface area contributed by atoms with Gasteiger partial charge >= 0.3 is 0 Å². The number of amides is 1. The van der Waals surface area contributed by atoms with Gasteiger partial charge in [0.1, 0.15) is 5.75 Å². The minimum Gasteiger partial charge on any atom is -0.508 e. The molecule has 0 unspecified atom stereocenters. The standard InChI is InChI=1S/C17H19NO2S/c19-16-6-2-1-4-13(16)7-8-17(20)18-10-3-5-15(18)14-9-11-21-12-14/h1-2,4,6,9,11-12,15,19H,3,5,7-8,10H2/t15-/m0/s1. The molecule has 4 heteroatoms. The van der Waals surface area contributed by atoms with E-state index in [1.165, 1.54) is 5.56 Å². The second-order valence-corrected chi connectivity index (χ2v) is 6.21. The second-order valence-electron chi connectivity index (χ2n) is 5.43. The molecule has 0 saturated carbocycles. The smallest absolute Gasteiger partial charge is 0.223 e. The number of phenolic OH excluding ortho intramolecular Hbond substituents is 1. The molecule has 3 rings (SSSR count). The number of carbonyl (C=O) groups excluding carboxylic acids is 1. The molecule has 0 radical (unpaired) electrons. The highest BCUT2D eigenvalue weighted by Gasteiger charge is 2.29. The van der Waals surface area contributed by atoms with E-state index in [4.69, 9.17) is 0 Å². The predicted molar refractivity (Wildman–Crippen MR) is 84.4 cm³/mol. The Morgan fingerprint density at radius 2 is 2.19 bits per heavy atom. The third-order valence-electron chi connectivity index (χ3n) is 4.10. The molecular formula is C17H19NO2S. The highest BCUT2D eigenvalue weighted by atomic mass is 32.1. The van der Waals surface area contributed by atoms with Crippen molar-refractivity contribution >= 4 is 17.2 Å². The Hall–Kier alpha value is -1.81. The highest BCUT2D eigenvalue weighted by molar-refractivity contribution is 7.07. The first-order chi connectivity index (χ1) is 10.3. The van der Waals surface area contributed by atoms with Gasteiger partial charge in [-0.2, -0.15) is 11.3 Å². The fourth-order valence-corrected chi connectivity index (χ4v) is 3.69. The van der Waals surface area contributed by atoms with E-state index in [0.717, 1.165) is 24.9 Å². The van der Waals surface area contributed by atoms with E-state index in [2.05, 4.69) is 16.8 Å². The Kier molecular flexibility index (Phi) is 4.25. The van der Waals surface area contributed by atoms with Crippen molar-refractivity contribution < 1.29 is 9.90 Å². The summed E-state index contributed by atoms with van der Waals surface area (Å²) >= 11 is 1.68. The first-order valence-electron chi connectivity index (χ1n) is 7.34. The summed E-state index contributed by atoms with van der Waals surface area (Å²) in [6.45, 7) is 0.847. The van der Waals surface area contributed by atoms with Gasteiger partial charge in [-0.05, 0) is 53.3 Å². The summed E-state index contributed by atoms with van der Waals surface area (Å²) in [6, 6.07) is 9.60. The van der Waals surface area contributed by atoms with Crippen LogP contribution in [0.15, 0.2) is 41.1 Å². The van der Waals surface area contributed by atoms with Gasteiger partial charge in [0.25, 0.3) is 0 Å². The van der Waals surface area contributed by atoms with Gasteiger partial charge < -0.3 is 10.0 Å². The van der Waals surface area contributed by atoms with Crippen molar-refractivity contribution in [2.75, 3.05) is 6.54 Å². The fraction of sp³-hybridized carbons (Fsp3) is 0.353. The van der Waals surface area contributed by atoms with Gasteiger partial charge in [-0.25, -0.2) is 0 Å². The lowest BCUT2D eigenvalue weighted by Gasteiger charge is -2.24. The van der Waals surface area contributed by atoms with Crippen molar-refractivity contribution in [3.63, 3.8) is 0 Å². The molecule has 1 N–H and O–H groups in total. The van der Waals surface area contributed by atoms with Crippen LogP contribution in [-0.4, -0.2) is 22.5 Å². The Balaban J connectivity index is 1.64. The van der Waals surface area contributed by atoms with Crippen LogP contribution in [-0.2, 0) is 11.2 Å². The number of hydrogen-bond acceptors (Lipinski definition) is 3. The molecule has 1 aromatic carbocycles. The van der Waals surface area contributed by atoms with E-state index in [1.54, 1.807) is 23.5 Å². The second kappa shape index (κ2) is 6.31. The van der Waals surface area contributed by atoms with Gasteiger partial charge in [-0.3, -0.25) is 4.79 Å². The molecule has 3 nitrogen and oxygen atoms in total. The normalized spacial score (nSPS) is 18.1. The number of phenols is 1. The summed E-state index contributed by atoms with van der Waals surface area (Å²) in [6.07, 6.45) is 3.18. The Bertz CT molecular complexity index is 609. The van der Waals surface area contributed by atoms with E-state index in [-0.39, 0.29) is 17.7 Å². The molecule has 2 heterocycles. The largest absolute Gasteiger partial charge is 0.508 e. The third kappa shape index (κ3) is 3.10. The third-order valence-corrected chi connectivity index (χ3v) is 4.80. The number of benzene rings is 1. The number of hydrogen-bond donors (Lipinski definition) is 1. The van der Waals surface area contributed by atoms with Crippen LogP contribution in [0.2, 0.25) is 0 Å². The minimum atomic E-state index is 0.187. The maximum atomic E-state index is 12.5. The Labute approximate surface area is 128 Å². The molecule has 1 saturated heterocycles. The monoisotopic (exact) mass is 301 g/mol. The van der Waals surface area contributed by atoms with Crippen LogP contribution in [0.25, 0.3) is 0 Å². The molecule has 1 aliphatic rings. The van der Waals surface area contributed by atoms with Crippen molar-refractivity contribution in [2.24, 2.45) is 0 Å². The topological polar surface area (TPSA) is 40.5 Å². The summed E-state index contributed by atoms with van der Waals surface area (Å²) in [5.41, 5.74) is 2.10. The molecule has 21 heavy (non-hydrogen) atoms. The van der Waals surface area contributed by atoms with E-state index in [9.17, 15) is 9.90 Å². The number of para-hydroxylation sites is 1. The van der Waals surface area contributed by atoms with Gasteiger partial charge in [0.15, 0.2) is 0 Å². The molecule has 2 aromatic rings. The number of carbonyl (C=O) groups is 1. The Morgan fingerprint density at radius 1 is 1.33 bits per heavy atom. The maximum absolute atomic E-state index is 12.5. The lowest BCUT2D eigenvalue weighted by atomic mass is 10.1. The van der Waals surface area contributed by atoms with E-state index in [0.29, 0.717) is 12.8 Å². The lowest BCUT2D eigenvalue weighted by Crippen LogP contribution is -2.30. The zero-order valence-electron chi connectivity index (χ0n) is 11.9. The quantitative estimate of drug-likeness (QED) is 0.934. The van der Waals surface area contributed by atoms with Crippen LogP contribution in [0, 0.1) is 0 Å². The molecule has 0 spiro atoms. The lowest BCUT2D eigenvalue weighted by molar-refractivity contribution is -0.132. The van der Waals surface area contributed by atoms with Gasteiger partial charge in [0.05, 0.1) is 6.04 Å². The zero-order valence-corrected chi connectivity index (χ0v) is 12.7. The summed E-state index contributed by atoms with van der Waals surface area (Å²) in [4.78, 5) is 14.5. The molecule has 0 aliphatic carbocycles. The van der Waals surface area contributed by atoms with Gasteiger partial charge in [0.2, 0.25) is 5.91 Å². The molecule has 1 aromatic heterocycles. The molecule has 1 aliphatic heterocycles. The number of rotatable bonds is 4. The number of aryl methyl sites for hydroxylation is 1. The fourth-order valence-electron chi connectivity index (χ4n) is 2.98. The number of nitrogens with zero attached hydrogens (tertiary/aromatic N) is 1. The van der Waals surface area contributed by atoms with E-state index in [1.807, 2.05) is 17.0 Å². The number of thiophene rings is 1. The van der Waals surface area contributed by atoms with Gasteiger partial charge in [-0.1, -0.05) is 18.2 Å². The van der Waals surface area contributed by atoms with Crippen molar-refractivity contribution in [1.29, 1.82) is 0 Å². The number of likely N-dealkylation sites (tertiary alicyclic amines) is 1. The molecule has 0 bridgehead atoms. The average molecular weight is 301 g/mol. The average Bonchev–Trinajstić information content (AvgIpc) is 3.16. The van der Waals surface area contributed by atoms with Crippen LogP contribution in [0.4, 0.5) is 0 Å². The van der Waals surface area contributed by atoms with Crippen molar-refractivity contribution in [3.05, 3.63) is 52.2 Å². The Morgan fingerprint density at radius 3 is 2.95 bits per heavy atom. The zero-order chi connectivity index (χ0) is 14.7. The maximum Gasteiger partial charge on any atom is 0.223 e. The summed E-state index contributed by atoms with van der Waals surface area (Å²) < 4.78 is 0. The highest BCUT2D eigenvalue weighted by Crippen LogP contribution is 2.33. The molecule has 1 fully saturated rings. The van der Waals surface area contributed by atoms with E-state index >= 15 is 0 Å². The first-order valence-corrected chi connectivity index (χ1v) is 8.28. The van der Waals surface area contributed by atoms with E-state index < -0.39 is 0 Å². The van der Waals surface area contributed by atoms with Crippen LogP contribution in [0.1, 0.15) is 36.4 Å². The predicted octanol–water partition coefficient (Wildman–Crippen LogP) is 3.75. The molecule has 1 amide bonds. The molecule has 1 atom stereocenters. The van der Waals surface area contributed by atoms with Gasteiger partial charge in [0, 0.05) is 13.0 Å². The molecule has 110 valence electrons. The van der Waals surface area contributed by atoms with Crippen LogP contribution in [0.3, 0.4) is 0 Å². The van der Waals surface area contributed by atoms with Crippen LogP contribution >= 0.6 is 11.3 Å². The van der Waals surface area contributed by atoms with Crippen LogP contribution in [0.5, 0.6) is 5.75 Å². The summed E-state index contributed by atoms with van der Waals surface area (Å²) in [7, 11) is 0. The van der Waals surface area contributed by atoms with Crippen LogP contribution < -0.4 is 0 Å².